The number of benzene rings is 1. The third-order valence-corrected chi connectivity index (χ3v) is 4.92. The van der Waals surface area contributed by atoms with E-state index in [0.717, 1.165) is 19.0 Å². The minimum Gasteiger partial charge on any atom is -0.384 e. The van der Waals surface area contributed by atoms with Crippen LogP contribution in [0.25, 0.3) is 0 Å². The molecule has 0 radical (unpaired) electrons. The van der Waals surface area contributed by atoms with Crippen molar-refractivity contribution in [3.05, 3.63) is 41.0 Å². The van der Waals surface area contributed by atoms with E-state index < -0.39 is 0 Å². The number of nitrogens with one attached hydrogen (secondary N) is 1. The number of hydrogen-bond acceptors (Lipinski definition) is 2. The molecular weight excluding hydrogens is 220 g/mol. The lowest BCUT2D eigenvalue weighted by Gasteiger charge is -2.43. The highest BCUT2D eigenvalue weighted by atomic mass is 15.1. The van der Waals surface area contributed by atoms with Gasteiger partial charge in [0.2, 0.25) is 0 Å². The summed E-state index contributed by atoms with van der Waals surface area (Å²) in [6.45, 7) is 4.53. The number of nitrogens with zero attached hydrogens (tertiary/aromatic N) is 1. The Balaban J connectivity index is 1.90. The number of anilines is 1. The minimum atomic E-state index is 0.606. The molecule has 94 valence electrons. The van der Waals surface area contributed by atoms with E-state index in [9.17, 15) is 0 Å². The van der Waals surface area contributed by atoms with Gasteiger partial charge in [-0.25, -0.2) is 0 Å². The van der Waals surface area contributed by atoms with E-state index in [1.165, 1.54) is 17.7 Å². The van der Waals surface area contributed by atoms with E-state index in [2.05, 4.69) is 48.5 Å². The maximum absolute atomic E-state index is 3.58. The molecule has 2 heteroatoms. The van der Waals surface area contributed by atoms with Crippen LogP contribution in [0.5, 0.6) is 0 Å². The largest absolute Gasteiger partial charge is 0.384 e. The van der Waals surface area contributed by atoms with E-state index in [0.29, 0.717) is 12.0 Å². The zero-order chi connectivity index (χ0) is 12.3. The third kappa shape index (κ3) is 1.33. The second kappa shape index (κ2) is 3.61. The molecule has 1 N–H and O–H groups in total. The van der Waals surface area contributed by atoms with Crippen LogP contribution in [0.15, 0.2) is 29.8 Å². The first kappa shape index (κ1) is 10.6. The SMILES string of the molecule is CC1=C[C@@H]2c3cccc4c3[C@@H](CN4)C[C@H]2N(C)C1. The van der Waals surface area contributed by atoms with E-state index in [1.807, 2.05) is 0 Å². The molecule has 2 heterocycles. The Bertz CT molecular complexity index is 532. The van der Waals surface area contributed by atoms with Crippen molar-refractivity contribution in [2.24, 2.45) is 0 Å². The van der Waals surface area contributed by atoms with Gasteiger partial charge in [-0.2, -0.15) is 0 Å². The molecule has 3 atom stereocenters. The molecule has 0 aromatic heterocycles. The fourth-order valence-electron chi connectivity index (χ4n) is 4.19. The van der Waals surface area contributed by atoms with Crippen molar-refractivity contribution in [2.75, 3.05) is 25.5 Å². The zero-order valence-electron chi connectivity index (χ0n) is 11.1. The average molecular weight is 240 g/mol. The van der Waals surface area contributed by atoms with Crippen LogP contribution < -0.4 is 5.32 Å². The number of fused-ring (bicyclic) bond motifs is 2. The standard InChI is InChI=1S/C16H20N2/c1-10-6-13-12-4-3-5-14-16(12)11(8-17-14)7-15(13)18(2)9-10/h3-6,11,13,15,17H,7-9H2,1-2H3/t11-,13-,15-/m1/s1. The van der Waals surface area contributed by atoms with Crippen molar-refractivity contribution < 1.29 is 0 Å². The molecule has 0 spiro atoms. The highest BCUT2D eigenvalue weighted by Crippen LogP contribution is 2.48. The van der Waals surface area contributed by atoms with Crippen LogP contribution >= 0.6 is 0 Å². The summed E-state index contributed by atoms with van der Waals surface area (Å²) in [4.78, 5) is 2.55. The first-order valence-corrected chi connectivity index (χ1v) is 6.98. The zero-order valence-corrected chi connectivity index (χ0v) is 11.1. The van der Waals surface area contributed by atoms with E-state index >= 15 is 0 Å². The van der Waals surface area contributed by atoms with E-state index in [4.69, 9.17) is 0 Å². The molecule has 3 aliphatic rings. The molecule has 18 heavy (non-hydrogen) atoms. The highest BCUT2D eigenvalue weighted by Gasteiger charge is 2.40. The summed E-state index contributed by atoms with van der Waals surface area (Å²) in [6, 6.07) is 7.49. The first-order valence-electron chi connectivity index (χ1n) is 6.98. The van der Waals surface area contributed by atoms with Gasteiger partial charge in [0.05, 0.1) is 0 Å². The number of rotatable bonds is 0. The lowest BCUT2D eigenvalue weighted by atomic mass is 9.72. The fraction of sp³-hybridized carbons (Fsp3) is 0.500. The van der Waals surface area contributed by atoms with Crippen molar-refractivity contribution in [1.82, 2.24) is 4.90 Å². The molecule has 1 aromatic rings. The van der Waals surface area contributed by atoms with Gasteiger partial charge in [-0.3, -0.25) is 4.90 Å². The van der Waals surface area contributed by atoms with Crippen molar-refractivity contribution >= 4 is 5.69 Å². The normalized spacial score (nSPS) is 33.4. The monoisotopic (exact) mass is 240 g/mol. The topological polar surface area (TPSA) is 15.3 Å². The Hall–Kier alpha value is -1.28. The summed E-state index contributed by atoms with van der Waals surface area (Å²) >= 11 is 0. The Morgan fingerprint density at radius 1 is 1.33 bits per heavy atom. The molecule has 0 saturated carbocycles. The smallest absolute Gasteiger partial charge is 0.0379 e. The molecule has 0 fully saturated rings. The molecule has 2 aliphatic heterocycles. The van der Waals surface area contributed by atoms with Gasteiger partial charge in [0, 0.05) is 36.7 Å². The molecule has 2 nitrogen and oxygen atoms in total. The van der Waals surface area contributed by atoms with Crippen molar-refractivity contribution in [3.63, 3.8) is 0 Å². The summed E-state index contributed by atoms with van der Waals surface area (Å²) in [7, 11) is 2.28. The van der Waals surface area contributed by atoms with Crippen LogP contribution in [0, 0.1) is 0 Å². The summed E-state index contributed by atoms with van der Waals surface area (Å²) < 4.78 is 0. The molecule has 1 aliphatic carbocycles. The summed E-state index contributed by atoms with van der Waals surface area (Å²) in [5, 5.41) is 3.58. The predicted octanol–water partition coefficient (Wildman–Crippen LogP) is 2.94. The molecule has 0 bridgehead atoms. The van der Waals surface area contributed by atoms with Crippen LogP contribution in [-0.2, 0) is 0 Å². The van der Waals surface area contributed by atoms with Crippen LogP contribution in [0.1, 0.15) is 36.3 Å². The van der Waals surface area contributed by atoms with Gasteiger partial charge in [-0.15, -0.1) is 0 Å². The minimum absolute atomic E-state index is 0.606. The fourth-order valence-corrected chi connectivity index (χ4v) is 4.19. The molecule has 0 unspecified atom stereocenters. The molecule has 1 aromatic carbocycles. The van der Waals surface area contributed by atoms with E-state index in [1.54, 1.807) is 11.1 Å². The van der Waals surface area contributed by atoms with Gasteiger partial charge in [0.1, 0.15) is 0 Å². The predicted molar refractivity (Wildman–Crippen MR) is 75.2 cm³/mol. The van der Waals surface area contributed by atoms with Crippen molar-refractivity contribution in [1.29, 1.82) is 0 Å². The van der Waals surface area contributed by atoms with Crippen LogP contribution in [-0.4, -0.2) is 31.1 Å². The molecule has 4 rings (SSSR count). The third-order valence-electron chi connectivity index (χ3n) is 4.92. The quantitative estimate of drug-likeness (QED) is 0.701. The maximum Gasteiger partial charge on any atom is 0.0379 e. The second-order valence-corrected chi connectivity index (χ2v) is 6.14. The Labute approximate surface area is 109 Å². The summed E-state index contributed by atoms with van der Waals surface area (Å²) in [6.07, 6.45) is 3.82. The van der Waals surface area contributed by atoms with Crippen LogP contribution in [0.2, 0.25) is 0 Å². The van der Waals surface area contributed by atoms with Crippen molar-refractivity contribution in [3.8, 4) is 0 Å². The summed E-state index contributed by atoms with van der Waals surface area (Å²) in [5.74, 6) is 1.33. The van der Waals surface area contributed by atoms with Crippen LogP contribution in [0.4, 0.5) is 5.69 Å². The molecule has 0 saturated heterocycles. The second-order valence-electron chi connectivity index (χ2n) is 6.14. The number of likely N-dealkylation sites (N-methyl/N-ethyl adjacent to an activating group) is 1. The first-order chi connectivity index (χ1) is 8.74. The van der Waals surface area contributed by atoms with E-state index in [-0.39, 0.29) is 0 Å². The Morgan fingerprint density at radius 3 is 3.11 bits per heavy atom. The molecule has 0 amide bonds. The molecular formula is C16H20N2. The van der Waals surface area contributed by atoms with Gasteiger partial charge in [-0.1, -0.05) is 23.8 Å². The van der Waals surface area contributed by atoms with Gasteiger partial charge < -0.3 is 5.32 Å². The summed E-state index contributed by atoms with van der Waals surface area (Å²) in [5.41, 5.74) is 6.08. The van der Waals surface area contributed by atoms with Crippen molar-refractivity contribution in [2.45, 2.75) is 31.2 Å². The Morgan fingerprint density at radius 2 is 2.22 bits per heavy atom. The highest BCUT2D eigenvalue weighted by molar-refractivity contribution is 5.63. The Kier molecular flexibility index (Phi) is 2.13. The van der Waals surface area contributed by atoms with Crippen LogP contribution in [0.3, 0.4) is 0 Å². The average Bonchev–Trinajstić information content (AvgIpc) is 2.76. The lowest BCUT2D eigenvalue weighted by molar-refractivity contribution is 0.198. The number of hydrogen-bond donors (Lipinski definition) is 1. The van der Waals surface area contributed by atoms with Gasteiger partial charge >= 0.3 is 0 Å². The van der Waals surface area contributed by atoms with Gasteiger partial charge in [-0.05, 0) is 37.6 Å². The van der Waals surface area contributed by atoms with Gasteiger partial charge in [0.15, 0.2) is 0 Å². The van der Waals surface area contributed by atoms with Gasteiger partial charge in [0.25, 0.3) is 0 Å². The maximum atomic E-state index is 3.58. The lowest BCUT2D eigenvalue weighted by Crippen LogP contribution is -2.44.